The van der Waals surface area contributed by atoms with Crippen LogP contribution in [0.25, 0.3) is 0 Å². The minimum Gasteiger partial charge on any atom is -0.380 e. The molecular formula is C11H19NO. The molecule has 0 saturated heterocycles. The Bertz CT molecular complexity index is 220. The second kappa shape index (κ2) is 4.58. The fourth-order valence-electron chi connectivity index (χ4n) is 1.69. The average molecular weight is 181 g/mol. The topological polar surface area (TPSA) is 21.3 Å². The lowest BCUT2D eigenvalue weighted by Crippen LogP contribution is -2.35. The molecule has 13 heavy (non-hydrogen) atoms. The van der Waals surface area contributed by atoms with E-state index in [0.717, 1.165) is 19.8 Å². The van der Waals surface area contributed by atoms with Crippen molar-refractivity contribution < 1.29 is 4.74 Å². The van der Waals surface area contributed by atoms with Gasteiger partial charge in [-0.25, -0.2) is 0 Å². The molecule has 1 unspecified atom stereocenters. The van der Waals surface area contributed by atoms with Crippen LogP contribution in [0.4, 0.5) is 0 Å². The maximum Gasteiger partial charge on any atom is 0.0606 e. The van der Waals surface area contributed by atoms with Crippen molar-refractivity contribution in [1.29, 1.82) is 0 Å². The van der Waals surface area contributed by atoms with Crippen LogP contribution in [0.3, 0.4) is 0 Å². The number of hydrogen-bond donors (Lipinski definition) is 1. The van der Waals surface area contributed by atoms with E-state index in [2.05, 4.69) is 30.5 Å². The highest BCUT2D eigenvalue weighted by Crippen LogP contribution is 2.33. The summed E-state index contributed by atoms with van der Waals surface area (Å²) < 4.78 is 5.51. The number of rotatable bonds is 5. The Hall–Kier alpha value is -0.600. The van der Waals surface area contributed by atoms with Crippen LogP contribution in [-0.4, -0.2) is 26.8 Å². The second-order valence-corrected chi connectivity index (χ2v) is 3.53. The Labute approximate surface area is 80.7 Å². The average Bonchev–Trinajstić information content (AvgIpc) is 2.46. The van der Waals surface area contributed by atoms with Gasteiger partial charge in [-0.1, -0.05) is 23.8 Å². The van der Waals surface area contributed by atoms with Crippen LogP contribution >= 0.6 is 0 Å². The van der Waals surface area contributed by atoms with Gasteiger partial charge >= 0.3 is 0 Å². The number of hydrogen-bond acceptors (Lipinski definition) is 2. The van der Waals surface area contributed by atoms with Gasteiger partial charge in [0.15, 0.2) is 0 Å². The van der Waals surface area contributed by atoms with Gasteiger partial charge < -0.3 is 10.1 Å². The van der Waals surface area contributed by atoms with Crippen molar-refractivity contribution in [3.63, 3.8) is 0 Å². The SMILES string of the molecule is CCOCC1(CNC)C=CC=C1C. The number of ether oxygens (including phenoxy) is 1. The molecule has 0 amide bonds. The molecule has 1 atom stereocenters. The highest BCUT2D eigenvalue weighted by Gasteiger charge is 2.30. The van der Waals surface area contributed by atoms with Crippen molar-refractivity contribution in [3.8, 4) is 0 Å². The fraction of sp³-hybridized carbons (Fsp3) is 0.636. The molecule has 1 N–H and O–H groups in total. The molecule has 2 heteroatoms. The van der Waals surface area contributed by atoms with Gasteiger partial charge in [0.25, 0.3) is 0 Å². The third-order valence-corrected chi connectivity index (χ3v) is 2.60. The quantitative estimate of drug-likeness (QED) is 0.697. The molecule has 0 aromatic rings. The lowest BCUT2D eigenvalue weighted by atomic mass is 9.84. The number of nitrogens with one attached hydrogen (secondary N) is 1. The lowest BCUT2D eigenvalue weighted by molar-refractivity contribution is 0.0944. The first-order valence-corrected chi connectivity index (χ1v) is 4.84. The third-order valence-electron chi connectivity index (χ3n) is 2.60. The summed E-state index contributed by atoms with van der Waals surface area (Å²) in [6.07, 6.45) is 6.51. The van der Waals surface area contributed by atoms with E-state index in [1.54, 1.807) is 0 Å². The van der Waals surface area contributed by atoms with Gasteiger partial charge in [-0.2, -0.15) is 0 Å². The molecule has 0 heterocycles. The van der Waals surface area contributed by atoms with Crippen LogP contribution in [0.5, 0.6) is 0 Å². The summed E-state index contributed by atoms with van der Waals surface area (Å²) in [5.74, 6) is 0. The zero-order valence-corrected chi connectivity index (χ0v) is 8.76. The van der Waals surface area contributed by atoms with Crippen LogP contribution in [0.2, 0.25) is 0 Å². The molecule has 0 fully saturated rings. The van der Waals surface area contributed by atoms with Crippen molar-refractivity contribution in [2.75, 3.05) is 26.8 Å². The van der Waals surface area contributed by atoms with E-state index < -0.39 is 0 Å². The van der Waals surface area contributed by atoms with Gasteiger partial charge in [0.1, 0.15) is 0 Å². The van der Waals surface area contributed by atoms with Crippen molar-refractivity contribution in [2.24, 2.45) is 5.41 Å². The van der Waals surface area contributed by atoms with Crippen molar-refractivity contribution in [3.05, 3.63) is 23.8 Å². The van der Waals surface area contributed by atoms with Crippen molar-refractivity contribution >= 4 is 0 Å². The molecule has 0 aromatic heterocycles. The summed E-state index contributed by atoms with van der Waals surface area (Å²) in [5.41, 5.74) is 1.49. The van der Waals surface area contributed by atoms with E-state index in [-0.39, 0.29) is 5.41 Å². The molecule has 0 aliphatic heterocycles. The Balaban J connectivity index is 2.64. The number of allylic oxidation sites excluding steroid dienone is 2. The highest BCUT2D eigenvalue weighted by molar-refractivity contribution is 5.33. The predicted octanol–water partition coefficient (Wildman–Crippen LogP) is 1.74. The van der Waals surface area contributed by atoms with Crippen LogP contribution in [0.15, 0.2) is 23.8 Å². The first-order valence-electron chi connectivity index (χ1n) is 4.84. The smallest absolute Gasteiger partial charge is 0.0606 e. The van der Waals surface area contributed by atoms with Gasteiger partial charge in [-0.05, 0) is 20.9 Å². The van der Waals surface area contributed by atoms with Gasteiger partial charge in [0, 0.05) is 18.6 Å². The van der Waals surface area contributed by atoms with Crippen LogP contribution in [0, 0.1) is 5.41 Å². The highest BCUT2D eigenvalue weighted by atomic mass is 16.5. The standard InChI is InChI=1S/C11H19NO/c1-4-13-9-11(8-12-3)7-5-6-10(11)2/h5-7,12H,4,8-9H2,1-3H3. The Morgan fingerprint density at radius 3 is 2.77 bits per heavy atom. The van der Waals surface area contributed by atoms with Gasteiger partial charge in [-0.3, -0.25) is 0 Å². The van der Waals surface area contributed by atoms with Gasteiger partial charge in [-0.15, -0.1) is 0 Å². The maximum atomic E-state index is 5.51. The van der Waals surface area contributed by atoms with Crippen LogP contribution < -0.4 is 5.32 Å². The first kappa shape index (κ1) is 10.5. The molecule has 1 aliphatic carbocycles. The predicted molar refractivity (Wildman–Crippen MR) is 55.7 cm³/mol. The first-order chi connectivity index (χ1) is 6.25. The van der Waals surface area contributed by atoms with Crippen LogP contribution in [-0.2, 0) is 4.74 Å². The van der Waals surface area contributed by atoms with E-state index in [1.807, 2.05) is 14.0 Å². The summed E-state index contributed by atoms with van der Waals surface area (Å²) in [5, 5.41) is 3.22. The largest absolute Gasteiger partial charge is 0.380 e. The van der Waals surface area contributed by atoms with Crippen molar-refractivity contribution in [2.45, 2.75) is 13.8 Å². The Morgan fingerprint density at radius 1 is 1.54 bits per heavy atom. The molecule has 0 radical (unpaired) electrons. The van der Waals surface area contributed by atoms with E-state index in [9.17, 15) is 0 Å². The lowest BCUT2D eigenvalue weighted by Gasteiger charge is -2.28. The summed E-state index contributed by atoms with van der Waals surface area (Å²) in [6, 6.07) is 0. The molecular weight excluding hydrogens is 162 g/mol. The fourth-order valence-corrected chi connectivity index (χ4v) is 1.69. The molecule has 1 rings (SSSR count). The monoisotopic (exact) mass is 181 g/mol. The third kappa shape index (κ3) is 2.20. The van der Waals surface area contributed by atoms with Crippen molar-refractivity contribution in [1.82, 2.24) is 5.32 Å². The Morgan fingerprint density at radius 2 is 2.31 bits per heavy atom. The molecule has 0 saturated carbocycles. The zero-order valence-electron chi connectivity index (χ0n) is 8.76. The molecule has 2 nitrogen and oxygen atoms in total. The van der Waals surface area contributed by atoms with E-state index in [0.29, 0.717) is 0 Å². The second-order valence-electron chi connectivity index (χ2n) is 3.53. The van der Waals surface area contributed by atoms with Gasteiger partial charge in [0.2, 0.25) is 0 Å². The summed E-state index contributed by atoms with van der Waals surface area (Å²) in [6.45, 7) is 6.71. The van der Waals surface area contributed by atoms with Crippen LogP contribution in [0.1, 0.15) is 13.8 Å². The van der Waals surface area contributed by atoms with Gasteiger partial charge in [0.05, 0.1) is 6.61 Å². The van der Waals surface area contributed by atoms with E-state index in [1.165, 1.54) is 5.57 Å². The summed E-state index contributed by atoms with van der Waals surface area (Å²) in [4.78, 5) is 0. The minimum atomic E-state index is 0.102. The Kier molecular flexibility index (Phi) is 3.70. The van der Waals surface area contributed by atoms with E-state index >= 15 is 0 Å². The normalized spacial score (nSPS) is 26.5. The van der Waals surface area contributed by atoms with E-state index in [4.69, 9.17) is 4.74 Å². The molecule has 0 aromatic carbocycles. The molecule has 1 aliphatic rings. The molecule has 0 spiro atoms. The molecule has 74 valence electrons. The maximum absolute atomic E-state index is 5.51. The summed E-state index contributed by atoms with van der Waals surface area (Å²) in [7, 11) is 1.98. The molecule has 0 bridgehead atoms. The minimum absolute atomic E-state index is 0.102. The summed E-state index contributed by atoms with van der Waals surface area (Å²) >= 11 is 0. The zero-order chi connectivity index (χ0) is 9.73.